The van der Waals surface area contributed by atoms with Gasteiger partial charge in [-0.3, -0.25) is 14.4 Å². The first-order valence-electron chi connectivity index (χ1n) is 8.96. The van der Waals surface area contributed by atoms with Gasteiger partial charge in [0.05, 0.1) is 6.10 Å². The number of carbonyl (C=O) groups is 3. The zero-order valence-corrected chi connectivity index (χ0v) is 15.8. The molecule has 3 rings (SSSR count). The second kappa shape index (κ2) is 6.46. The van der Waals surface area contributed by atoms with Gasteiger partial charge in [0.1, 0.15) is 30.0 Å². The molecule has 2 fully saturated rings. The van der Waals surface area contributed by atoms with Crippen LogP contribution in [0.3, 0.4) is 0 Å². The number of ketones is 1. The first-order chi connectivity index (χ1) is 12.1. The van der Waals surface area contributed by atoms with Crippen molar-refractivity contribution >= 4 is 17.7 Å². The molecule has 4 atom stereocenters. The van der Waals surface area contributed by atoms with E-state index in [0.717, 1.165) is 0 Å². The molecular formula is C19H26O7. The third-order valence-corrected chi connectivity index (χ3v) is 5.74. The van der Waals surface area contributed by atoms with Crippen molar-refractivity contribution in [3.05, 3.63) is 11.6 Å². The number of rotatable bonds is 4. The van der Waals surface area contributed by atoms with E-state index in [2.05, 4.69) is 0 Å². The lowest BCUT2D eigenvalue weighted by molar-refractivity contribution is -0.143. The zero-order valence-electron chi connectivity index (χ0n) is 15.8. The maximum Gasteiger partial charge on any atom is 0.302 e. The number of fused-ring (bicyclic) bond motifs is 1. The Labute approximate surface area is 153 Å². The summed E-state index contributed by atoms with van der Waals surface area (Å²) in [6.45, 7) is 6.67. The molecule has 2 saturated heterocycles. The SMILES string of the molecule is CC(=O)OC[C@]12CC/C=C(\C)C(=O)C[C@]3(C[C@H]1O2)O[C@@]3(C)COC(C)=O. The Balaban J connectivity index is 1.79. The number of Topliss-reactive ketones (excluding diaryl/α,β-unsaturated/α-hetero) is 1. The van der Waals surface area contributed by atoms with Crippen molar-refractivity contribution in [3.8, 4) is 0 Å². The molecule has 0 radical (unpaired) electrons. The molecule has 0 N–H and O–H groups in total. The van der Waals surface area contributed by atoms with Crippen LogP contribution in [0.5, 0.6) is 0 Å². The predicted octanol–water partition coefficient (Wildman–Crippen LogP) is 1.87. The zero-order chi connectivity index (χ0) is 19.2. The van der Waals surface area contributed by atoms with Crippen molar-refractivity contribution in [2.45, 2.75) is 76.3 Å². The Kier molecular flexibility index (Phi) is 4.73. The lowest BCUT2D eigenvalue weighted by atomic mass is 9.81. The summed E-state index contributed by atoms with van der Waals surface area (Å²) in [6, 6.07) is 0. The number of carbonyl (C=O) groups excluding carboxylic acids is 3. The summed E-state index contributed by atoms with van der Waals surface area (Å²) >= 11 is 0. The van der Waals surface area contributed by atoms with E-state index in [0.29, 0.717) is 24.8 Å². The van der Waals surface area contributed by atoms with Crippen LogP contribution in [0.1, 0.15) is 53.4 Å². The van der Waals surface area contributed by atoms with E-state index >= 15 is 0 Å². The third-order valence-electron chi connectivity index (χ3n) is 5.74. The van der Waals surface area contributed by atoms with Crippen molar-refractivity contribution < 1.29 is 33.3 Å². The van der Waals surface area contributed by atoms with Gasteiger partial charge in [0.15, 0.2) is 5.78 Å². The normalized spacial score (nSPS) is 40.8. The van der Waals surface area contributed by atoms with E-state index in [4.69, 9.17) is 18.9 Å². The van der Waals surface area contributed by atoms with Gasteiger partial charge in [-0.1, -0.05) is 6.08 Å². The van der Waals surface area contributed by atoms with E-state index in [1.54, 1.807) is 6.92 Å². The summed E-state index contributed by atoms with van der Waals surface area (Å²) in [6.07, 6.45) is 3.84. The van der Waals surface area contributed by atoms with E-state index < -0.39 is 16.8 Å². The minimum absolute atomic E-state index is 0.0321. The Morgan fingerprint density at radius 3 is 2.54 bits per heavy atom. The molecule has 0 aromatic heterocycles. The molecule has 26 heavy (non-hydrogen) atoms. The fourth-order valence-electron chi connectivity index (χ4n) is 3.82. The Morgan fingerprint density at radius 2 is 1.88 bits per heavy atom. The van der Waals surface area contributed by atoms with Gasteiger partial charge >= 0.3 is 11.9 Å². The number of hydrogen-bond donors (Lipinski definition) is 0. The molecule has 0 aromatic rings. The van der Waals surface area contributed by atoms with Crippen LogP contribution in [0.4, 0.5) is 0 Å². The van der Waals surface area contributed by atoms with Gasteiger partial charge in [0.2, 0.25) is 0 Å². The monoisotopic (exact) mass is 366 g/mol. The van der Waals surface area contributed by atoms with Crippen molar-refractivity contribution in [1.82, 2.24) is 0 Å². The summed E-state index contributed by atoms with van der Waals surface area (Å²) in [5, 5.41) is 0. The molecule has 144 valence electrons. The molecule has 3 aliphatic rings. The fourth-order valence-corrected chi connectivity index (χ4v) is 3.82. The van der Waals surface area contributed by atoms with Crippen molar-refractivity contribution in [3.63, 3.8) is 0 Å². The molecule has 0 bridgehead atoms. The molecule has 2 heterocycles. The van der Waals surface area contributed by atoms with Gasteiger partial charge in [-0.25, -0.2) is 0 Å². The number of esters is 2. The Hall–Kier alpha value is -1.73. The second-order valence-electron chi connectivity index (χ2n) is 7.79. The van der Waals surface area contributed by atoms with Gasteiger partial charge in [-0.05, 0) is 32.3 Å². The quantitative estimate of drug-likeness (QED) is 0.554. The Bertz CT molecular complexity index is 669. The summed E-state index contributed by atoms with van der Waals surface area (Å²) in [7, 11) is 0. The van der Waals surface area contributed by atoms with Crippen molar-refractivity contribution in [1.29, 1.82) is 0 Å². The highest BCUT2D eigenvalue weighted by molar-refractivity contribution is 5.95. The van der Waals surface area contributed by atoms with E-state index in [1.165, 1.54) is 13.8 Å². The van der Waals surface area contributed by atoms with Crippen LogP contribution in [0.2, 0.25) is 0 Å². The lowest BCUT2D eigenvalue weighted by Gasteiger charge is -2.19. The molecule has 0 unspecified atom stereocenters. The molecule has 0 amide bonds. The predicted molar refractivity (Wildman–Crippen MR) is 90.3 cm³/mol. The van der Waals surface area contributed by atoms with Crippen LogP contribution in [0, 0.1) is 0 Å². The molecule has 1 aliphatic carbocycles. The maximum absolute atomic E-state index is 12.6. The minimum Gasteiger partial charge on any atom is -0.463 e. The van der Waals surface area contributed by atoms with E-state index in [-0.39, 0.29) is 43.5 Å². The van der Waals surface area contributed by atoms with Gasteiger partial charge in [0.25, 0.3) is 0 Å². The molecule has 0 saturated carbocycles. The van der Waals surface area contributed by atoms with E-state index in [9.17, 15) is 14.4 Å². The summed E-state index contributed by atoms with van der Waals surface area (Å²) in [4.78, 5) is 34.9. The molecule has 2 aliphatic heterocycles. The highest BCUT2D eigenvalue weighted by Crippen LogP contribution is 2.59. The molecule has 7 heteroatoms. The van der Waals surface area contributed by atoms with Crippen LogP contribution >= 0.6 is 0 Å². The van der Waals surface area contributed by atoms with E-state index in [1.807, 2.05) is 13.0 Å². The Morgan fingerprint density at radius 1 is 1.23 bits per heavy atom. The minimum atomic E-state index is -0.728. The standard InChI is InChI=1S/C19H26O7/c1-12-6-5-7-18(11-24-14(3)21)16(25-18)9-19(8-15(12)22)17(4,26-19)10-23-13(2)20/h6,16H,5,7-11H2,1-4H3/b12-6+/t16-,17+,18-,19-/m1/s1. The van der Waals surface area contributed by atoms with Crippen LogP contribution in [0.15, 0.2) is 11.6 Å². The summed E-state index contributed by atoms with van der Waals surface area (Å²) in [5.41, 5.74) is -1.28. The molecule has 0 aromatic carbocycles. The number of hydrogen-bond acceptors (Lipinski definition) is 7. The number of allylic oxidation sites excluding steroid dienone is 2. The van der Waals surface area contributed by atoms with Crippen molar-refractivity contribution in [2.24, 2.45) is 0 Å². The first kappa shape index (κ1) is 19.0. The number of epoxide rings is 2. The summed E-state index contributed by atoms with van der Waals surface area (Å²) < 4.78 is 22.3. The highest BCUT2D eigenvalue weighted by Gasteiger charge is 2.72. The maximum atomic E-state index is 12.6. The average molecular weight is 366 g/mol. The van der Waals surface area contributed by atoms with Gasteiger partial charge in [0, 0.05) is 26.7 Å². The smallest absolute Gasteiger partial charge is 0.302 e. The fraction of sp³-hybridized carbons (Fsp3) is 0.737. The van der Waals surface area contributed by atoms with Crippen LogP contribution < -0.4 is 0 Å². The van der Waals surface area contributed by atoms with Gasteiger partial charge in [-0.2, -0.15) is 0 Å². The first-order valence-corrected chi connectivity index (χ1v) is 8.96. The van der Waals surface area contributed by atoms with Gasteiger partial charge in [-0.15, -0.1) is 0 Å². The van der Waals surface area contributed by atoms with Crippen LogP contribution in [-0.2, 0) is 33.3 Å². The molecule has 7 nitrogen and oxygen atoms in total. The molecular weight excluding hydrogens is 340 g/mol. The second-order valence-corrected chi connectivity index (χ2v) is 7.79. The van der Waals surface area contributed by atoms with Gasteiger partial charge < -0.3 is 18.9 Å². The lowest BCUT2D eigenvalue weighted by Crippen LogP contribution is -2.35. The topological polar surface area (TPSA) is 94.7 Å². The highest BCUT2D eigenvalue weighted by atomic mass is 16.7. The largest absolute Gasteiger partial charge is 0.463 e. The van der Waals surface area contributed by atoms with Crippen LogP contribution in [-0.4, -0.2) is 53.8 Å². The number of ether oxygens (including phenoxy) is 4. The molecule has 1 spiro atoms. The van der Waals surface area contributed by atoms with Crippen molar-refractivity contribution in [2.75, 3.05) is 13.2 Å². The average Bonchev–Trinajstić information content (AvgIpc) is 3.38. The summed E-state index contributed by atoms with van der Waals surface area (Å²) in [5.74, 6) is -0.694. The third kappa shape index (κ3) is 3.55. The van der Waals surface area contributed by atoms with Crippen LogP contribution in [0.25, 0.3) is 0 Å².